The molecule has 0 spiro atoms. The van der Waals surface area contributed by atoms with Gasteiger partial charge in [-0.25, -0.2) is 0 Å². The fourth-order valence-electron chi connectivity index (χ4n) is 3.36. The van der Waals surface area contributed by atoms with Gasteiger partial charge in [-0.1, -0.05) is 0 Å². The van der Waals surface area contributed by atoms with E-state index in [0.29, 0.717) is 12.1 Å². The van der Waals surface area contributed by atoms with Crippen LogP contribution in [0.1, 0.15) is 31.5 Å². The molecule has 4 rings (SSSR count). The average Bonchev–Trinajstić information content (AvgIpc) is 3.29. The van der Waals surface area contributed by atoms with Crippen molar-refractivity contribution in [3.8, 4) is 0 Å². The van der Waals surface area contributed by atoms with Crippen LogP contribution in [0, 0.1) is 11.8 Å². The number of tetrazole rings is 1. The maximum absolute atomic E-state index is 4.34. The van der Waals surface area contributed by atoms with Gasteiger partial charge in [0.15, 0.2) is 5.82 Å². The molecule has 6 heteroatoms. The lowest BCUT2D eigenvalue weighted by atomic mass is 10.0. The van der Waals surface area contributed by atoms with E-state index in [1.165, 1.54) is 25.7 Å². The molecule has 2 unspecified atom stereocenters. The van der Waals surface area contributed by atoms with Crippen LogP contribution in [0.4, 0.5) is 0 Å². The lowest BCUT2D eigenvalue weighted by Gasteiger charge is -2.40. The molecule has 19 heavy (non-hydrogen) atoms. The Morgan fingerprint density at radius 1 is 1.21 bits per heavy atom. The highest BCUT2D eigenvalue weighted by molar-refractivity contribution is 5.00. The number of nitrogens with one attached hydrogen (secondary N) is 1. The zero-order valence-electron chi connectivity index (χ0n) is 11.5. The number of rotatable bonds is 4. The molecule has 3 fully saturated rings. The molecular formula is C13H22N6. The minimum atomic E-state index is 0.679. The number of hydrogen-bond acceptors (Lipinski definition) is 5. The molecule has 0 radical (unpaired) electrons. The topological polar surface area (TPSA) is 58.9 Å². The largest absolute Gasteiger partial charge is 0.311 e. The van der Waals surface area contributed by atoms with Crippen LogP contribution in [0.25, 0.3) is 0 Å². The summed E-state index contributed by atoms with van der Waals surface area (Å²) in [5.41, 5.74) is 0. The van der Waals surface area contributed by atoms with Crippen molar-refractivity contribution in [3.05, 3.63) is 5.82 Å². The van der Waals surface area contributed by atoms with E-state index in [2.05, 4.69) is 25.6 Å². The van der Waals surface area contributed by atoms with Crippen LogP contribution < -0.4 is 5.32 Å². The molecule has 0 aromatic carbocycles. The summed E-state index contributed by atoms with van der Waals surface area (Å²) in [7, 11) is 1.83. The molecule has 1 N–H and O–H groups in total. The molecule has 104 valence electrons. The zero-order chi connectivity index (χ0) is 12.8. The summed E-state index contributed by atoms with van der Waals surface area (Å²) in [6.45, 7) is 3.16. The molecule has 2 aliphatic carbocycles. The first-order valence-electron chi connectivity index (χ1n) is 7.50. The fraction of sp³-hybridized carbons (Fsp3) is 0.923. The van der Waals surface area contributed by atoms with Gasteiger partial charge in [0.05, 0.1) is 13.6 Å². The predicted molar refractivity (Wildman–Crippen MR) is 70.2 cm³/mol. The summed E-state index contributed by atoms with van der Waals surface area (Å²) >= 11 is 0. The fourth-order valence-corrected chi connectivity index (χ4v) is 3.36. The van der Waals surface area contributed by atoms with Gasteiger partial charge in [-0.2, -0.15) is 4.80 Å². The van der Waals surface area contributed by atoms with Gasteiger partial charge in [-0.05, 0) is 42.7 Å². The van der Waals surface area contributed by atoms with Gasteiger partial charge in [0.2, 0.25) is 0 Å². The third-order valence-electron chi connectivity index (χ3n) is 4.74. The van der Waals surface area contributed by atoms with Crippen molar-refractivity contribution in [3.63, 3.8) is 0 Å². The van der Waals surface area contributed by atoms with Crippen molar-refractivity contribution in [2.75, 3.05) is 13.1 Å². The minimum absolute atomic E-state index is 0.679. The van der Waals surface area contributed by atoms with Crippen LogP contribution in [-0.2, 0) is 13.6 Å². The summed E-state index contributed by atoms with van der Waals surface area (Å²) < 4.78 is 0. The predicted octanol–water partition coefficient (Wildman–Crippen LogP) is 0.173. The quantitative estimate of drug-likeness (QED) is 0.838. The van der Waals surface area contributed by atoms with Gasteiger partial charge in [-0.15, -0.1) is 10.2 Å². The Morgan fingerprint density at radius 2 is 2.00 bits per heavy atom. The Labute approximate surface area is 113 Å². The van der Waals surface area contributed by atoms with Crippen LogP contribution in [0.2, 0.25) is 0 Å². The van der Waals surface area contributed by atoms with Gasteiger partial charge in [0.25, 0.3) is 0 Å². The Balaban J connectivity index is 1.47. The summed E-state index contributed by atoms with van der Waals surface area (Å²) in [5, 5.41) is 16.2. The first kappa shape index (κ1) is 11.8. The van der Waals surface area contributed by atoms with Crippen LogP contribution >= 0.6 is 0 Å². The van der Waals surface area contributed by atoms with E-state index < -0.39 is 0 Å². The highest BCUT2D eigenvalue weighted by Crippen LogP contribution is 2.39. The van der Waals surface area contributed by atoms with Crippen molar-refractivity contribution in [1.29, 1.82) is 0 Å². The Kier molecular flexibility index (Phi) is 2.81. The first-order chi connectivity index (χ1) is 9.29. The number of aromatic nitrogens is 4. The second-order valence-electron chi connectivity index (χ2n) is 6.38. The molecule has 1 aromatic rings. The third-order valence-corrected chi connectivity index (χ3v) is 4.74. The van der Waals surface area contributed by atoms with Gasteiger partial charge >= 0.3 is 0 Å². The summed E-state index contributed by atoms with van der Waals surface area (Å²) in [4.78, 5) is 4.16. The van der Waals surface area contributed by atoms with E-state index in [1.54, 1.807) is 4.80 Å². The third kappa shape index (κ3) is 2.51. The zero-order valence-corrected chi connectivity index (χ0v) is 11.5. The molecule has 2 heterocycles. The van der Waals surface area contributed by atoms with E-state index >= 15 is 0 Å². The maximum Gasteiger partial charge on any atom is 0.188 e. The van der Waals surface area contributed by atoms with E-state index in [-0.39, 0.29) is 0 Å². The molecule has 2 atom stereocenters. The molecule has 2 saturated carbocycles. The van der Waals surface area contributed by atoms with Crippen LogP contribution in [0.5, 0.6) is 0 Å². The smallest absolute Gasteiger partial charge is 0.188 e. The second-order valence-corrected chi connectivity index (χ2v) is 6.38. The molecule has 3 aliphatic rings. The molecular weight excluding hydrogens is 240 g/mol. The minimum Gasteiger partial charge on any atom is -0.311 e. The highest BCUT2D eigenvalue weighted by atomic mass is 15.6. The molecule has 0 bridgehead atoms. The monoisotopic (exact) mass is 262 g/mol. The SMILES string of the molecule is Cn1nnc(CN2CC(C3CC3)NCC2C2CC2)n1. The highest BCUT2D eigenvalue weighted by Gasteiger charge is 2.42. The van der Waals surface area contributed by atoms with Crippen molar-refractivity contribution in [2.45, 2.75) is 44.3 Å². The summed E-state index contributed by atoms with van der Waals surface area (Å²) in [5.74, 6) is 2.67. The van der Waals surface area contributed by atoms with E-state index in [0.717, 1.165) is 37.3 Å². The molecule has 1 aliphatic heterocycles. The van der Waals surface area contributed by atoms with Crippen molar-refractivity contribution >= 4 is 0 Å². The van der Waals surface area contributed by atoms with E-state index in [9.17, 15) is 0 Å². The van der Waals surface area contributed by atoms with Gasteiger partial charge in [-0.3, -0.25) is 4.90 Å². The Hall–Kier alpha value is -1.01. The number of nitrogens with zero attached hydrogens (tertiary/aromatic N) is 5. The van der Waals surface area contributed by atoms with Gasteiger partial charge < -0.3 is 5.32 Å². The first-order valence-corrected chi connectivity index (χ1v) is 7.50. The molecule has 1 aromatic heterocycles. The number of piperazine rings is 1. The average molecular weight is 262 g/mol. The summed E-state index contributed by atoms with van der Waals surface area (Å²) in [6.07, 6.45) is 5.60. The lowest BCUT2D eigenvalue weighted by molar-refractivity contribution is 0.0975. The van der Waals surface area contributed by atoms with Crippen molar-refractivity contribution < 1.29 is 0 Å². The standard InChI is InChI=1S/C13H22N6/c1-18-16-13(15-17-18)8-19-7-11(9-2-3-9)14-6-12(19)10-4-5-10/h9-12,14H,2-8H2,1H3. The summed E-state index contributed by atoms with van der Waals surface area (Å²) in [6, 6.07) is 1.37. The van der Waals surface area contributed by atoms with E-state index in [1.807, 2.05) is 7.05 Å². The number of hydrogen-bond donors (Lipinski definition) is 1. The number of aryl methyl sites for hydroxylation is 1. The van der Waals surface area contributed by atoms with Gasteiger partial charge in [0, 0.05) is 25.2 Å². The van der Waals surface area contributed by atoms with Crippen LogP contribution in [0.3, 0.4) is 0 Å². The maximum atomic E-state index is 4.34. The van der Waals surface area contributed by atoms with Crippen molar-refractivity contribution in [2.24, 2.45) is 18.9 Å². The van der Waals surface area contributed by atoms with Gasteiger partial charge in [0.1, 0.15) is 0 Å². The molecule has 1 saturated heterocycles. The normalized spacial score (nSPS) is 32.7. The van der Waals surface area contributed by atoms with Crippen molar-refractivity contribution in [1.82, 2.24) is 30.4 Å². The Morgan fingerprint density at radius 3 is 2.63 bits per heavy atom. The Bertz CT molecular complexity index is 450. The molecule has 0 amide bonds. The lowest BCUT2D eigenvalue weighted by Crippen LogP contribution is -2.57. The molecule has 6 nitrogen and oxygen atoms in total. The second kappa shape index (κ2) is 4.52. The van der Waals surface area contributed by atoms with Crippen LogP contribution in [-0.4, -0.2) is 50.3 Å². The van der Waals surface area contributed by atoms with E-state index in [4.69, 9.17) is 0 Å². The van der Waals surface area contributed by atoms with Crippen LogP contribution in [0.15, 0.2) is 0 Å².